The van der Waals surface area contributed by atoms with Crippen LogP contribution in [-0.4, -0.2) is 115 Å². The van der Waals surface area contributed by atoms with Crippen molar-refractivity contribution >= 4 is 6.03 Å². The van der Waals surface area contributed by atoms with E-state index in [1.165, 1.54) is 173 Å². The molecule has 0 aliphatic carbocycles. The lowest BCUT2D eigenvalue weighted by atomic mass is 10.1. The Bertz CT molecular complexity index is 953. The molecule has 0 saturated heterocycles. The van der Waals surface area contributed by atoms with Gasteiger partial charge in [-0.15, -0.1) is 0 Å². The Balaban J connectivity index is 4.32. The summed E-state index contributed by atoms with van der Waals surface area (Å²) in [7, 11) is 4.03. The van der Waals surface area contributed by atoms with Crippen molar-refractivity contribution in [1.29, 1.82) is 0 Å². The van der Waals surface area contributed by atoms with Gasteiger partial charge in [-0.05, 0) is 130 Å². The van der Waals surface area contributed by atoms with Crippen LogP contribution in [0.5, 0.6) is 0 Å². The summed E-state index contributed by atoms with van der Waals surface area (Å²) < 4.78 is 12.7. The molecule has 0 aliphatic heterocycles. The molecule has 374 valence electrons. The van der Waals surface area contributed by atoms with Crippen molar-refractivity contribution in [1.82, 2.24) is 25.8 Å². The van der Waals surface area contributed by atoms with E-state index in [1.54, 1.807) is 4.90 Å². The van der Waals surface area contributed by atoms with Crippen molar-refractivity contribution < 1.29 is 14.3 Å². The summed E-state index contributed by atoms with van der Waals surface area (Å²) in [5, 5.41) is 10.0. The van der Waals surface area contributed by atoms with Crippen LogP contribution in [0.2, 0.25) is 0 Å². The van der Waals surface area contributed by atoms with E-state index in [4.69, 9.17) is 15.2 Å². The lowest BCUT2D eigenvalue weighted by Gasteiger charge is -2.26. The van der Waals surface area contributed by atoms with Gasteiger partial charge >= 0.3 is 6.03 Å². The molecule has 1 atom stereocenters. The van der Waals surface area contributed by atoms with Gasteiger partial charge < -0.3 is 41.0 Å². The maximum Gasteiger partial charge on any atom is 0.317 e. The van der Waals surface area contributed by atoms with Crippen LogP contribution in [-0.2, 0) is 9.47 Å². The zero-order valence-electron chi connectivity index (χ0n) is 42.7. The fourth-order valence-electron chi connectivity index (χ4n) is 7.80. The number of nitrogens with zero attached hydrogens (tertiary/aromatic N) is 2. The Morgan fingerprint density at radius 3 is 1.43 bits per heavy atom. The minimum absolute atomic E-state index is 0.00121. The van der Waals surface area contributed by atoms with Crippen LogP contribution in [0.15, 0.2) is 24.3 Å². The Kier molecular flexibility index (Phi) is 51.9. The zero-order chi connectivity index (χ0) is 45.8. The van der Waals surface area contributed by atoms with Crippen molar-refractivity contribution in [2.45, 2.75) is 225 Å². The lowest BCUT2D eigenvalue weighted by Crippen LogP contribution is -2.43. The number of allylic oxidation sites excluding steroid dienone is 4. The minimum Gasteiger partial charge on any atom is -0.379 e. The SMILES string of the molecule is CCCCCCCC/C=C\CCCCCCCCOCC(CN(C)CCN(C)C(=O)NCCCNCCCCNCCCN)OCCCCCCCC/C=C\CCCCCCCC. The number of nitrogens with one attached hydrogen (secondary N) is 3. The van der Waals surface area contributed by atoms with Crippen molar-refractivity contribution in [3.8, 4) is 0 Å². The fourth-order valence-corrected chi connectivity index (χ4v) is 7.80. The zero-order valence-corrected chi connectivity index (χ0v) is 42.7. The molecule has 5 N–H and O–H groups in total. The molecule has 9 nitrogen and oxygen atoms in total. The second-order valence-electron chi connectivity index (χ2n) is 18.6. The predicted molar refractivity (Wildman–Crippen MR) is 276 cm³/mol. The summed E-state index contributed by atoms with van der Waals surface area (Å²) in [5.41, 5.74) is 5.54. The topological polar surface area (TPSA) is 104 Å². The molecule has 0 bridgehead atoms. The third kappa shape index (κ3) is 49.8. The Hall–Kier alpha value is -1.49. The monoisotopic (exact) mass is 891 g/mol. The highest BCUT2D eigenvalue weighted by molar-refractivity contribution is 5.73. The number of nitrogens with two attached hydrogens (primary N) is 1. The van der Waals surface area contributed by atoms with Crippen molar-refractivity contribution in [3.63, 3.8) is 0 Å². The average Bonchev–Trinajstić information content (AvgIpc) is 3.28. The number of likely N-dealkylation sites (N-methyl/N-ethyl adjacent to an activating group) is 2. The molecule has 63 heavy (non-hydrogen) atoms. The molecule has 0 heterocycles. The predicted octanol–water partition coefficient (Wildman–Crippen LogP) is 12.7. The number of hydrogen-bond acceptors (Lipinski definition) is 7. The summed E-state index contributed by atoms with van der Waals surface area (Å²) in [6, 6.07) is -0.00121. The van der Waals surface area contributed by atoms with Gasteiger partial charge in [0.1, 0.15) is 0 Å². The molecular weight excluding hydrogens is 781 g/mol. The first kappa shape index (κ1) is 61.5. The lowest BCUT2D eigenvalue weighted by molar-refractivity contribution is -0.0316. The smallest absolute Gasteiger partial charge is 0.317 e. The number of ether oxygens (including phenoxy) is 2. The van der Waals surface area contributed by atoms with Crippen molar-refractivity contribution in [2.24, 2.45) is 5.73 Å². The molecule has 0 rings (SSSR count). The second kappa shape index (κ2) is 53.1. The number of carbonyl (C=O) groups is 1. The third-order valence-electron chi connectivity index (χ3n) is 12.1. The third-order valence-corrected chi connectivity index (χ3v) is 12.1. The standard InChI is InChI=1S/C54H110N6O3/c1-5-7-9-11-13-15-17-19-21-23-25-27-29-31-33-37-49-62-52-53(63-50-38-34-32-30-28-26-24-22-20-18-16-14-12-10-8-6-2)51-59(3)47-48-60(4)54(61)58-46-40-45-57-43-36-35-42-56-44-39-41-55/h19-22,53,56-57H,5-18,23-52,55H2,1-4H3,(H,58,61)/b21-19-,22-20-. The van der Waals surface area contributed by atoms with Crippen LogP contribution in [0.3, 0.4) is 0 Å². The normalized spacial score (nSPS) is 12.4. The number of unbranched alkanes of at least 4 members (excludes halogenated alkanes) is 25. The van der Waals surface area contributed by atoms with Gasteiger partial charge in [-0.1, -0.05) is 154 Å². The molecule has 1 unspecified atom stereocenters. The molecule has 9 heteroatoms. The Labute approximate surface area is 393 Å². The van der Waals surface area contributed by atoms with Crippen molar-refractivity contribution in [3.05, 3.63) is 24.3 Å². The van der Waals surface area contributed by atoms with E-state index in [0.717, 1.165) is 91.1 Å². The average molecular weight is 892 g/mol. The molecule has 0 spiro atoms. The largest absolute Gasteiger partial charge is 0.379 e. The van der Waals surface area contributed by atoms with Crippen LogP contribution in [0.1, 0.15) is 219 Å². The number of carbonyl (C=O) groups excluding carboxylic acids is 1. The Morgan fingerprint density at radius 1 is 0.508 bits per heavy atom. The van der Waals surface area contributed by atoms with E-state index in [1.807, 2.05) is 7.05 Å². The van der Waals surface area contributed by atoms with Crippen LogP contribution in [0.4, 0.5) is 4.79 Å². The number of amides is 2. The molecule has 0 aromatic heterocycles. The number of rotatable bonds is 52. The van der Waals surface area contributed by atoms with Crippen molar-refractivity contribution in [2.75, 3.05) is 92.8 Å². The number of hydrogen-bond donors (Lipinski definition) is 4. The summed E-state index contributed by atoms with van der Waals surface area (Å²) in [5.74, 6) is 0. The van der Waals surface area contributed by atoms with Gasteiger partial charge in [0, 0.05) is 46.4 Å². The van der Waals surface area contributed by atoms with Gasteiger partial charge in [-0.3, -0.25) is 0 Å². The van der Waals surface area contributed by atoms with Crippen LogP contribution < -0.4 is 21.7 Å². The summed E-state index contributed by atoms with van der Waals surface area (Å²) >= 11 is 0. The van der Waals surface area contributed by atoms with Gasteiger partial charge in [0.2, 0.25) is 0 Å². The highest BCUT2D eigenvalue weighted by atomic mass is 16.5. The van der Waals surface area contributed by atoms with Crippen LogP contribution >= 0.6 is 0 Å². The van der Waals surface area contributed by atoms with Crippen LogP contribution in [0.25, 0.3) is 0 Å². The number of urea groups is 1. The van der Waals surface area contributed by atoms with E-state index in [9.17, 15) is 4.79 Å². The molecule has 0 radical (unpaired) electrons. The summed E-state index contributed by atoms with van der Waals surface area (Å²) in [4.78, 5) is 16.8. The first-order valence-corrected chi connectivity index (χ1v) is 27.3. The quantitative estimate of drug-likeness (QED) is 0.0356. The van der Waals surface area contributed by atoms with Crippen LogP contribution in [0, 0.1) is 0 Å². The second-order valence-corrected chi connectivity index (χ2v) is 18.6. The Morgan fingerprint density at radius 2 is 0.937 bits per heavy atom. The van der Waals surface area contributed by atoms with Gasteiger partial charge in [0.15, 0.2) is 0 Å². The van der Waals surface area contributed by atoms with E-state index in [-0.39, 0.29) is 12.1 Å². The molecule has 0 fully saturated rings. The van der Waals surface area contributed by atoms with E-state index in [2.05, 4.69) is 66.0 Å². The van der Waals surface area contributed by atoms with Gasteiger partial charge in [-0.2, -0.15) is 0 Å². The first-order chi connectivity index (χ1) is 31.0. The van der Waals surface area contributed by atoms with E-state index >= 15 is 0 Å². The molecular formula is C54H110N6O3. The molecule has 0 aliphatic rings. The molecule has 0 saturated carbocycles. The molecule has 2 amide bonds. The molecule has 0 aromatic rings. The van der Waals surface area contributed by atoms with E-state index < -0.39 is 0 Å². The maximum atomic E-state index is 12.7. The summed E-state index contributed by atoms with van der Waals surface area (Å²) in [6.45, 7) is 14.5. The minimum atomic E-state index is -0.00121. The highest BCUT2D eigenvalue weighted by Crippen LogP contribution is 2.13. The first-order valence-electron chi connectivity index (χ1n) is 27.3. The molecule has 0 aromatic carbocycles. The maximum absolute atomic E-state index is 12.7. The van der Waals surface area contributed by atoms with Gasteiger partial charge in [0.25, 0.3) is 0 Å². The fraction of sp³-hybridized carbons (Fsp3) is 0.907. The van der Waals surface area contributed by atoms with Gasteiger partial charge in [0.05, 0.1) is 12.7 Å². The van der Waals surface area contributed by atoms with Gasteiger partial charge in [-0.25, -0.2) is 4.79 Å². The summed E-state index contributed by atoms with van der Waals surface area (Å²) in [6.07, 6.45) is 50.9. The highest BCUT2D eigenvalue weighted by Gasteiger charge is 2.15. The van der Waals surface area contributed by atoms with E-state index in [0.29, 0.717) is 19.7 Å².